The second-order valence-corrected chi connectivity index (χ2v) is 4.32. The minimum absolute atomic E-state index is 0.0688. The zero-order valence-electron chi connectivity index (χ0n) is 8.37. The van der Waals surface area contributed by atoms with E-state index in [0.29, 0.717) is 6.42 Å². The van der Waals surface area contributed by atoms with Crippen molar-refractivity contribution in [3.8, 4) is 0 Å². The molecule has 0 aliphatic carbocycles. The van der Waals surface area contributed by atoms with Gasteiger partial charge in [-0.15, -0.1) is 0 Å². The normalized spacial score (nSPS) is 12.8. The fourth-order valence-electron chi connectivity index (χ4n) is 1.32. The van der Waals surface area contributed by atoms with Crippen LogP contribution in [0.4, 0.5) is 4.39 Å². The molecule has 1 unspecified atom stereocenters. The number of benzene rings is 1. The van der Waals surface area contributed by atoms with Gasteiger partial charge in [-0.3, -0.25) is 0 Å². The maximum Gasteiger partial charge on any atom is 0.126 e. The van der Waals surface area contributed by atoms with Crippen molar-refractivity contribution < 1.29 is 4.39 Å². The fraction of sp³-hybridized carbons (Fsp3) is 0.455. The lowest BCUT2D eigenvalue weighted by Crippen LogP contribution is -2.23. The zero-order valence-corrected chi connectivity index (χ0v) is 9.19. The molecular formula is C11H16FNS. The lowest BCUT2D eigenvalue weighted by Gasteiger charge is -2.10. The van der Waals surface area contributed by atoms with Crippen LogP contribution in [0.25, 0.3) is 0 Å². The quantitative estimate of drug-likeness (QED) is 0.813. The van der Waals surface area contributed by atoms with E-state index in [1.165, 1.54) is 6.07 Å². The minimum Gasteiger partial charge on any atom is -0.327 e. The van der Waals surface area contributed by atoms with E-state index in [2.05, 4.69) is 6.26 Å². The first kappa shape index (κ1) is 11.5. The summed E-state index contributed by atoms with van der Waals surface area (Å²) in [5.74, 6) is 0.891. The highest BCUT2D eigenvalue weighted by molar-refractivity contribution is 7.98. The summed E-state index contributed by atoms with van der Waals surface area (Å²) in [4.78, 5) is 0. The standard InChI is InChI=1S/C11H16FNS/c1-14-7-6-10(13)8-9-4-2-3-5-11(9)12/h2-5,10H,6-8,13H2,1H3. The van der Waals surface area contributed by atoms with Crippen LogP contribution in [0.5, 0.6) is 0 Å². The number of rotatable bonds is 5. The van der Waals surface area contributed by atoms with Crippen LogP contribution in [0.15, 0.2) is 24.3 Å². The smallest absolute Gasteiger partial charge is 0.126 e. The molecule has 0 bridgehead atoms. The summed E-state index contributed by atoms with van der Waals surface area (Å²) in [6.07, 6.45) is 3.62. The third-order valence-electron chi connectivity index (χ3n) is 2.13. The van der Waals surface area contributed by atoms with E-state index in [1.54, 1.807) is 23.9 Å². The van der Waals surface area contributed by atoms with Gasteiger partial charge in [0.25, 0.3) is 0 Å². The molecule has 1 nitrogen and oxygen atoms in total. The van der Waals surface area contributed by atoms with Crippen molar-refractivity contribution in [2.75, 3.05) is 12.0 Å². The Morgan fingerprint density at radius 3 is 2.79 bits per heavy atom. The van der Waals surface area contributed by atoms with Gasteiger partial charge in [-0.1, -0.05) is 18.2 Å². The van der Waals surface area contributed by atoms with Crippen molar-refractivity contribution in [1.29, 1.82) is 0 Å². The summed E-state index contributed by atoms with van der Waals surface area (Å²) in [7, 11) is 0. The molecule has 0 saturated heterocycles. The van der Waals surface area contributed by atoms with Gasteiger partial charge in [-0.2, -0.15) is 11.8 Å². The maximum atomic E-state index is 13.2. The Hall–Kier alpha value is -0.540. The molecule has 0 aliphatic heterocycles. The lowest BCUT2D eigenvalue weighted by molar-refractivity contribution is 0.580. The van der Waals surface area contributed by atoms with Crippen molar-refractivity contribution in [3.05, 3.63) is 35.6 Å². The number of thioether (sulfide) groups is 1. The van der Waals surface area contributed by atoms with E-state index in [9.17, 15) is 4.39 Å². The third kappa shape index (κ3) is 3.68. The summed E-state index contributed by atoms with van der Waals surface area (Å²) >= 11 is 1.77. The van der Waals surface area contributed by atoms with E-state index < -0.39 is 0 Å². The Bertz CT molecular complexity index is 278. The van der Waals surface area contributed by atoms with Crippen molar-refractivity contribution in [1.82, 2.24) is 0 Å². The molecule has 0 spiro atoms. The van der Waals surface area contributed by atoms with E-state index >= 15 is 0 Å². The van der Waals surface area contributed by atoms with Crippen LogP contribution in [0, 0.1) is 5.82 Å². The van der Waals surface area contributed by atoms with Gasteiger partial charge < -0.3 is 5.73 Å². The largest absolute Gasteiger partial charge is 0.327 e. The van der Waals surface area contributed by atoms with Gasteiger partial charge >= 0.3 is 0 Å². The van der Waals surface area contributed by atoms with Crippen molar-refractivity contribution in [3.63, 3.8) is 0 Å². The van der Waals surface area contributed by atoms with Gasteiger partial charge in [0.1, 0.15) is 5.82 Å². The topological polar surface area (TPSA) is 26.0 Å². The van der Waals surface area contributed by atoms with Crippen molar-refractivity contribution >= 4 is 11.8 Å². The molecule has 0 radical (unpaired) electrons. The number of hydrogen-bond donors (Lipinski definition) is 1. The molecule has 1 aromatic rings. The summed E-state index contributed by atoms with van der Waals surface area (Å²) in [5.41, 5.74) is 6.60. The second-order valence-electron chi connectivity index (χ2n) is 3.34. The third-order valence-corrected chi connectivity index (χ3v) is 2.78. The Kier molecular flexibility index (Phi) is 4.98. The van der Waals surface area contributed by atoms with Gasteiger partial charge in [0.2, 0.25) is 0 Å². The van der Waals surface area contributed by atoms with E-state index in [0.717, 1.165) is 17.7 Å². The average Bonchev–Trinajstić information content (AvgIpc) is 2.18. The molecule has 3 heteroatoms. The zero-order chi connectivity index (χ0) is 10.4. The first-order chi connectivity index (χ1) is 6.74. The number of nitrogens with two attached hydrogens (primary N) is 1. The SMILES string of the molecule is CSCCC(N)Cc1ccccc1F. The Balaban J connectivity index is 2.47. The van der Waals surface area contributed by atoms with Gasteiger partial charge in [0, 0.05) is 6.04 Å². The molecule has 0 aliphatic rings. The summed E-state index contributed by atoms with van der Waals surface area (Å²) in [6, 6.07) is 6.90. The molecule has 1 atom stereocenters. The minimum atomic E-state index is -0.146. The highest BCUT2D eigenvalue weighted by Gasteiger charge is 2.06. The molecular weight excluding hydrogens is 197 g/mol. The molecule has 14 heavy (non-hydrogen) atoms. The summed E-state index contributed by atoms with van der Waals surface area (Å²) in [6.45, 7) is 0. The van der Waals surface area contributed by atoms with Gasteiger partial charge in [-0.05, 0) is 36.5 Å². The molecule has 0 aromatic heterocycles. The molecule has 2 N–H and O–H groups in total. The Labute approximate surface area is 88.9 Å². The molecule has 0 amide bonds. The van der Waals surface area contributed by atoms with Crippen LogP contribution < -0.4 is 5.73 Å². The van der Waals surface area contributed by atoms with Crippen LogP contribution in [0.2, 0.25) is 0 Å². The first-order valence-electron chi connectivity index (χ1n) is 4.72. The van der Waals surface area contributed by atoms with E-state index in [-0.39, 0.29) is 11.9 Å². The van der Waals surface area contributed by atoms with Crippen molar-refractivity contribution in [2.24, 2.45) is 5.73 Å². The average molecular weight is 213 g/mol. The Morgan fingerprint density at radius 1 is 1.43 bits per heavy atom. The molecule has 0 heterocycles. The molecule has 1 rings (SSSR count). The number of halogens is 1. The maximum absolute atomic E-state index is 13.2. The fourth-order valence-corrected chi connectivity index (χ4v) is 1.86. The predicted molar refractivity (Wildman–Crippen MR) is 61.1 cm³/mol. The lowest BCUT2D eigenvalue weighted by atomic mass is 10.0. The summed E-state index contributed by atoms with van der Waals surface area (Å²) in [5, 5.41) is 0. The summed E-state index contributed by atoms with van der Waals surface area (Å²) < 4.78 is 13.2. The van der Waals surface area contributed by atoms with Gasteiger partial charge in [-0.25, -0.2) is 4.39 Å². The monoisotopic (exact) mass is 213 g/mol. The second kappa shape index (κ2) is 6.04. The van der Waals surface area contributed by atoms with Crippen LogP contribution in [0.3, 0.4) is 0 Å². The highest BCUT2D eigenvalue weighted by Crippen LogP contribution is 2.10. The van der Waals surface area contributed by atoms with Gasteiger partial charge in [0.15, 0.2) is 0 Å². The highest BCUT2D eigenvalue weighted by atomic mass is 32.2. The molecule has 1 aromatic carbocycles. The molecule has 78 valence electrons. The van der Waals surface area contributed by atoms with Gasteiger partial charge in [0.05, 0.1) is 0 Å². The first-order valence-corrected chi connectivity index (χ1v) is 6.11. The molecule has 0 fully saturated rings. The van der Waals surface area contributed by atoms with Crippen LogP contribution in [-0.4, -0.2) is 18.1 Å². The predicted octanol–water partition coefficient (Wildman–Crippen LogP) is 2.45. The van der Waals surface area contributed by atoms with E-state index in [4.69, 9.17) is 5.73 Å². The van der Waals surface area contributed by atoms with E-state index in [1.807, 2.05) is 6.07 Å². The number of hydrogen-bond acceptors (Lipinski definition) is 2. The van der Waals surface area contributed by atoms with Crippen molar-refractivity contribution in [2.45, 2.75) is 18.9 Å². The van der Waals surface area contributed by atoms with Crippen LogP contribution in [-0.2, 0) is 6.42 Å². The molecule has 0 saturated carbocycles. The van der Waals surface area contributed by atoms with Crippen LogP contribution >= 0.6 is 11.8 Å². The van der Waals surface area contributed by atoms with Crippen LogP contribution in [0.1, 0.15) is 12.0 Å². The Morgan fingerprint density at radius 2 is 2.14 bits per heavy atom.